The summed E-state index contributed by atoms with van der Waals surface area (Å²) in [5, 5.41) is 14.8. The van der Waals surface area contributed by atoms with E-state index in [1.807, 2.05) is 6.92 Å². The average Bonchev–Trinajstić information content (AvgIpc) is 2.39. The van der Waals surface area contributed by atoms with Crippen molar-refractivity contribution < 1.29 is 14.7 Å². The van der Waals surface area contributed by atoms with Gasteiger partial charge >= 0.3 is 6.03 Å². The van der Waals surface area contributed by atoms with Gasteiger partial charge in [-0.1, -0.05) is 25.5 Å². The first-order chi connectivity index (χ1) is 9.40. The summed E-state index contributed by atoms with van der Waals surface area (Å²) in [7, 11) is 0. The van der Waals surface area contributed by atoms with Crippen molar-refractivity contribution in [2.24, 2.45) is 0 Å². The van der Waals surface area contributed by atoms with Crippen LogP contribution in [-0.2, 0) is 0 Å². The number of benzene rings is 1. The molecular formula is C15H22N2O3. The van der Waals surface area contributed by atoms with Gasteiger partial charge in [0.25, 0.3) is 0 Å². The lowest BCUT2D eigenvalue weighted by Crippen LogP contribution is -2.50. The molecule has 1 aromatic rings. The van der Waals surface area contributed by atoms with E-state index in [1.165, 1.54) is 6.92 Å². The van der Waals surface area contributed by atoms with Crippen LogP contribution in [0.2, 0.25) is 0 Å². The maximum atomic E-state index is 11.9. The first-order valence-electron chi connectivity index (χ1n) is 6.71. The van der Waals surface area contributed by atoms with E-state index in [-0.39, 0.29) is 12.4 Å². The maximum Gasteiger partial charge on any atom is 0.319 e. The number of urea groups is 1. The molecule has 110 valence electrons. The fraction of sp³-hybridized carbons (Fsp3) is 0.467. The van der Waals surface area contributed by atoms with E-state index in [4.69, 9.17) is 0 Å². The van der Waals surface area contributed by atoms with Gasteiger partial charge in [-0.05, 0) is 32.4 Å². The first-order valence-corrected chi connectivity index (χ1v) is 6.71. The van der Waals surface area contributed by atoms with E-state index in [0.29, 0.717) is 17.7 Å². The molecule has 0 bridgehead atoms. The Balaban J connectivity index is 2.71. The molecule has 0 radical (unpaired) electrons. The van der Waals surface area contributed by atoms with Crippen molar-refractivity contribution >= 4 is 17.5 Å². The molecule has 1 atom stereocenters. The summed E-state index contributed by atoms with van der Waals surface area (Å²) in [6, 6.07) is 6.35. The number of carbonyl (C=O) groups is 2. The fourth-order valence-corrected chi connectivity index (χ4v) is 1.99. The topological polar surface area (TPSA) is 78.4 Å². The van der Waals surface area contributed by atoms with Crippen molar-refractivity contribution in [2.75, 3.05) is 11.9 Å². The minimum absolute atomic E-state index is 0.0553. The number of aliphatic hydroxyl groups is 1. The van der Waals surface area contributed by atoms with Crippen LogP contribution in [0.5, 0.6) is 0 Å². The first kappa shape index (κ1) is 16.2. The number of amides is 2. The molecule has 0 aliphatic heterocycles. The van der Waals surface area contributed by atoms with Crippen LogP contribution in [0.25, 0.3) is 0 Å². The molecule has 0 saturated carbocycles. The van der Waals surface area contributed by atoms with E-state index < -0.39 is 11.6 Å². The molecule has 5 nitrogen and oxygen atoms in total. The van der Waals surface area contributed by atoms with Crippen LogP contribution < -0.4 is 10.6 Å². The Bertz CT molecular complexity index is 488. The zero-order valence-corrected chi connectivity index (χ0v) is 12.2. The highest BCUT2D eigenvalue weighted by Crippen LogP contribution is 2.14. The van der Waals surface area contributed by atoms with E-state index in [0.717, 1.165) is 6.42 Å². The molecule has 0 heterocycles. The molecule has 5 heteroatoms. The highest BCUT2D eigenvalue weighted by Gasteiger charge is 2.24. The Morgan fingerprint density at radius 1 is 1.35 bits per heavy atom. The van der Waals surface area contributed by atoms with Crippen LogP contribution >= 0.6 is 0 Å². The lowest BCUT2D eigenvalue weighted by molar-refractivity contribution is 0.101. The number of Topliss-reactive ketones (excluding diaryl/α,β-unsaturated/α-hetero) is 1. The van der Waals surface area contributed by atoms with Gasteiger partial charge in [0, 0.05) is 11.3 Å². The Morgan fingerprint density at radius 3 is 2.60 bits per heavy atom. The highest BCUT2D eigenvalue weighted by molar-refractivity contribution is 5.96. The van der Waals surface area contributed by atoms with Gasteiger partial charge in [-0.15, -0.1) is 0 Å². The number of nitrogens with one attached hydrogen (secondary N) is 2. The number of hydrogen-bond donors (Lipinski definition) is 3. The average molecular weight is 278 g/mol. The summed E-state index contributed by atoms with van der Waals surface area (Å²) in [4.78, 5) is 23.2. The normalized spacial score (nSPS) is 13.4. The van der Waals surface area contributed by atoms with Crippen LogP contribution in [-0.4, -0.2) is 29.1 Å². The molecule has 0 saturated heterocycles. The van der Waals surface area contributed by atoms with Gasteiger partial charge in [0.05, 0.1) is 12.1 Å². The van der Waals surface area contributed by atoms with Gasteiger partial charge in [0.1, 0.15) is 0 Å². The number of rotatable bonds is 6. The molecule has 0 fully saturated rings. The Labute approximate surface area is 119 Å². The van der Waals surface area contributed by atoms with Crippen molar-refractivity contribution in [3.05, 3.63) is 29.8 Å². The van der Waals surface area contributed by atoms with Crippen LogP contribution in [0.3, 0.4) is 0 Å². The van der Waals surface area contributed by atoms with Crippen LogP contribution in [0, 0.1) is 0 Å². The second kappa shape index (κ2) is 7.05. The highest BCUT2D eigenvalue weighted by atomic mass is 16.3. The summed E-state index contributed by atoms with van der Waals surface area (Å²) in [5.41, 5.74) is 0.449. The van der Waals surface area contributed by atoms with Gasteiger partial charge < -0.3 is 15.7 Å². The maximum absolute atomic E-state index is 11.9. The third-order valence-electron chi connectivity index (χ3n) is 3.09. The smallest absolute Gasteiger partial charge is 0.319 e. The van der Waals surface area contributed by atoms with Crippen LogP contribution in [0.15, 0.2) is 24.3 Å². The molecule has 3 N–H and O–H groups in total. The summed E-state index contributed by atoms with van der Waals surface area (Å²) in [5.74, 6) is -0.0553. The molecule has 0 aliphatic carbocycles. The fourth-order valence-electron chi connectivity index (χ4n) is 1.99. The molecule has 20 heavy (non-hydrogen) atoms. The van der Waals surface area contributed by atoms with Gasteiger partial charge in [0.15, 0.2) is 5.78 Å². The minimum atomic E-state index is -0.642. The second-order valence-corrected chi connectivity index (χ2v) is 5.18. The molecule has 0 aromatic heterocycles. The van der Waals surface area contributed by atoms with Crippen molar-refractivity contribution in [1.82, 2.24) is 5.32 Å². The van der Waals surface area contributed by atoms with Crippen molar-refractivity contribution in [1.29, 1.82) is 0 Å². The summed E-state index contributed by atoms with van der Waals surface area (Å²) in [6.45, 7) is 5.14. The quantitative estimate of drug-likeness (QED) is 0.700. The predicted molar refractivity (Wildman–Crippen MR) is 79.0 cm³/mol. The van der Waals surface area contributed by atoms with E-state index in [2.05, 4.69) is 10.6 Å². The van der Waals surface area contributed by atoms with E-state index >= 15 is 0 Å². The number of anilines is 1. The van der Waals surface area contributed by atoms with Crippen LogP contribution in [0.4, 0.5) is 10.5 Å². The monoisotopic (exact) mass is 278 g/mol. The molecule has 0 spiro atoms. The van der Waals surface area contributed by atoms with Gasteiger partial charge in [-0.2, -0.15) is 0 Å². The molecular weight excluding hydrogens is 256 g/mol. The van der Waals surface area contributed by atoms with Gasteiger partial charge in [-0.3, -0.25) is 4.79 Å². The lowest BCUT2D eigenvalue weighted by atomic mass is 9.98. The number of ketones is 1. The Kier molecular flexibility index (Phi) is 5.70. The van der Waals surface area contributed by atoms with Crippen molar-refractivity contribution in [3.63, 3.8) is 0 Å². The SMILES string of the molecule is CCCC(C)(CO)NC(=O)Nc1cccc(C(C)=O)c1. The third kappa shape index (κ3) is 4.66. The molecule has 1 rings (SSSR count). The zero-order valence-electron chi connectivity index (χ0n) is 12.2. The number of aliphatic hydroxyl groups excluding tert-OH is 1. The number of hydrogen-bond acceptors (Lipinski definition) is 3. The molecule has 1 aromatic carbocycles. The van der Waals surface area contributed by atoms with Gasteiger partial charge in [-0.25, -0.2) is 4.79 Å². The number of carbonyl (C=O) groups excluding carboxylic acids is 2. The Morgan fingerprint density at radius 2 is 2.05 bits per heavy atom. The lowest BCUT2D eigenvalue weighted by Gasteiger charge is -2.28. The van der Waals surface area contributed by atoms with E-state index in [9.17, 15) is 14.7 Å². The van der Waals surface area contributed by atoms with Crippen molar-refractivity contribution in [2.45, 2.75) is 39.2 Å². The predicted octanol–water partition coefficient (Wildman–Crippen LogP) is 2.56. The van der Waals surface area contributed by atoms with E-state index in [1.54, 1.807) is 31.2 Å². The van der Waals surface area contributed by atoms with Crippen LogP contribution in [0.1, 0.15) is 44.0 Å². The van der Waals surface area contributed by atoms with Crippen molar-refractivity contribution in [3.8, 4) is 0 Å². The third-order valence-corrected chi connectivity index (χ3v) is 3.09. The molecule has 2 amide bonds. The molecule has 0 aliphatic rings. The Hall–Kier alpha value is -1.88. The zero-order chi connectivity index (χ0) is 15.2. The standard InChI is InChI=1S/C15H22N2O3/c1-4-8-15(3,10-18)17-14(20)16-13-7-5-6-12(9-13)11(2)19/h5-7,9,18H,4,8,10H2,1-3H3,(H2,16,17,20). The van der Waals surface area contributed by atoms with Gasteiger partial charge in [0.2, 0.25) is 0 Å². The summed E-state index contributed by atoms with van der Waals surface area (Å²) >= 11 is 0. The summed E-state index contributed by atoms with van der Waals surface area (Å²) in [6.07, 6.45) is 1.54. The minimum Gasteiger partial charge on any atom is -0.394 e. The largest absolute Gasteiger partial charge is 0.394 e. The second-order valence-electron chi connectivity index (χ2n) is 5.18. The molecule has 1 unspecified atom stereocenters. The summed E-state index contributed by atoms with van der Waals surface area (Å²) < 4.78 is 0.